The molecular formula is C23H23N3O5. The van der Waals surface area contributed by atoms with Gasteiger partial charge >= 0.3 is 0 Å². The van der Waals surface area contributed by atoms with E-state index < -0.39 is 11.8 Å². The molecule has 1 heterocycles. The second kappa shape index (κ2) is 10.2. The van der Waals surface area contributed by atoms with Crippen LogP contribution in [0.5, 0.6) is 17.2 Å². The molecule has 160 valence electrons. The Morgan fingerprint density at radius 3 is 2.71 bits per heavy atom. The normalized spacial score (nSPS) is 14.3. The Kier molecular flexibility index (Phi) is 7.12. The quantitative estimate of drug-likeness (QED) is 0.525. The van der Waals surface area contributed by atoms with Crippen LogP contribution in [0, 0.1) is 11.3 Å². The first-order valence-electron chi connectivity index (χ1n) is 9.84. The monoisotopic (exact) mass is 421 g/mol. The van der Waals surface area contributed by atoms with Crippen LogP contribution in [0.2, 0.25) is 0 Å². The number of carbonyl (C=O) groups excluding carboxylic acids is 2. The Labute approximate surface area is 180 Å². The summed E-state index contributed by atoms with van der Waals surface area (Å²) in [5.74, 6) is 0.856. The Balaban J connectivity index is 1.51. The molecule has 3 rings (SSSR count). The van der Waals surface area contributed by atoms with Gasteiger partial charge in [0.1, 0.15) is 23.4 Å². The molecule has 2 aromatic carbocycles. The fraction of sp³-hybridized carbons (Fsp3) is 0.261. The van der Waals surface area contributed by atoms with Crippen LogP contribution in [0.3, 0.4) is 0 Å². The van der Waals surface area contributed by atoms with Crippen molar-refractivity contribution in [1.29, 1.82) is 5.26 Å². The van der Waals surface area contributed by atoms with Crippen molar-refractivity contribution in [3.8, 4) is 23.3 Å². The predicted octanol–water partition coefficient (Wildman–Crippen LogP) is 2.52. The maximum atomic E-state index is 12.1. The van der Waals surface area contributed by atoms with E-state index in [-0.39, 0.29) is 12.7 Å². The molecule has 1 atom stereocenters. The first kappa shape index (κ1) is 21.7. The van der Waals surface area contributed by atoms with Gasteiger partial charge in [-0.3, -0.25) is 20.4 Å². The van der Waals surface area contributed by atoms with E-state index in [2.05, 4.69) is 10.9 Å². The third-order valence-electron chi connectivity index (χ3n) is 4.42. The van der Waals surface area contributed by atoms with Crippen molar-refractivity contribution in [3.63, 3.8) is 0 Å². The second-order valence-electron chi connectivity index (χ2n) is 6.86. The summed E-state index contributed by atoms with van der Waals surface area (Å²) in [5.41, 5.74) is 6.85. The first-order chi connectivity index (χ1) is 15.0. The van der Waals surface area contributed by atoms with Crippen LogP contribution in [0.15, 0.2) is 42.5 Å². The van der Waals surface area contributed by atoms with E-state index in [1.54, 1.807) is 30.3 Å². The van der Waals surface area contributed by atoms with E-state index in [0.29, 0.717) is 29.2 Å². The number of amides is 2. The highest BCUT2D eigenvalue weighted by molar-refractivity contribution is 5.93. The molecule has 0 radical (unpaired) electrons. The summed E-state index contributed by atoms with van der Waals surface area (Å²) >= 11 is 0. The van der Waals surface area contributed by atoms with Crippen LogP contribution in [0.4, 0.5) is 0 Å². The van der Waals surface area contributed by atoms with Gasteiger partial charge < -0.3 is 14.2 Å². The first-order valence-corrected chi connectivity index (χ1v) is 9.84. The van der Waals surface area contributed by atoms with Gasteiger partial charge in [0.15, 0.2) is 6.61 Å². The zero-order valence-electron chi connectivity index (χ0n) is 17.3. The van der Waals surface area contributed by atoms with Gasteiger partial charge in [0.25, 0.3) is 11.8 Å². The standard InChI is InChI=1S/C23H23N3O5/c1-3-29-20-12-18-10-15(2)31-21(18)11-17(20)6-9-22(27)25-26-23(28)14-30-19-7-4-16(13-24)5-8-19/h4-9,11-12,15H,3,10,14H2,1-2H3,(H,25,27)(H,26,28)/b9-6+/t15-/m1/s1. The summed E-state index contributed by atoms with van der Waals surface area (Å²) in [4.78, 5) is 23.9. The lowest BCUT2D eigenvalue weighted by molar-refractivity contribution is -0.128. The van der Waals surface area contributed by atoms with Crippen LogP contribution in [0.25, 0.3) is 6.08 Å². The smallest absolute Gasteiger partial charge is 0.276 e. The molecule has 0 aliphatic carbocycles. The number of nitrogens with zero attached hydrogens (tertiary/aromatic N) is 1. The Morgan fingerprint density at radius 2 is 2.00 bits per heavy atom. The van der Waals surface area contributed by atoms with E-state index in [0.717, 1.165) is 17.7 Å². The SMILES string of the molecule is CCOc1cc2c(cc1/C=C/C(=O)NNC(=O)COc1ccc(C#N)cc1)O[C@H](C)C2. The van der Waals surface area contributed by atoms with Gasteiger partial charge in [0.2, 0.25) is 0 Å². The lowest BCUT2D eigenvalue weighted by atomic mass is 10.1. The Morgan fingerprint density at radius 1 is 1.23 bits per heavy atom. The summed E-state index contributed by atoms with van der Waals surface area (Å²) in [6.07, 6.45) is 3.82. The number of hydrogen-bond donors (Lipinski definition) is 2. The van der Waals surface area contributed by atoms with E-state index in [9.17, 15) is 9.59 Å². The molecule has 0 aromatic heterocycles. The molecule has 8 nitrogen and oxygen atoms in total. The van der Waals surface area contributed by atoms with Gasteiger partial charge in [0.05, 0.1) is 18.2 Å². The minimum absolute atomic E-state index is 0.105. The van der Waals surface area contributed by atoms with Crippen molar-refractivity contribution in [1.82, 2.24) is 10.9 Å². The molecule has 0 bridgehead atoms. The molecule has 8 heteroatoms. The van der Waals surface area contributed by atoms with Gasteiger partial charge in [-0.05, 0) is 56.3 Å². The molecule has 0 saturated carbocycles. The highest BCUT2D eigenvalue weighted by atomic mass is 16.5. The predicted molar refractivity (Wildman–Crippen MR) is 113 cm³/mol. The maximum absolute atomic E-state index is 12.1. The maximum Gasteiger partial charge on any atom is 0.276 e. The third-order valence-corrected chi connectivity index (χ3v) is 4.42. The van der Waals surface area contributed by atoms with Crippen molar-refractivity contribution in [3.05, 3.63) is 59.2 Å². The Bertz CT molecular complexity index is 1020. The fourth-order valence-corrected chi connectivity index (χ4v) is 3.01. The van der Waals surface area contributed by atoms with Crippen molar-refractivity contribution >= 4 is 17.9 Å². The zero-order valence-corrected chi connectivity index (χ0v) is 17.3. The third kappa shape index (κ3) is 6.00. The summed E-state index contributed by atoms with van der Waals surface area (Å²) < 4.78 is 16.7. The fourth-order valence-electron chi connectivity index (χ4n) is 3.01. The zero-order chi connectivity index (χ0) is 22.2. The minimum atomic E-state index is -0.527. The lowest BCUT2D eigenvalue weighted by Crippen LogP contribution is -2.43. The summed E-state index contributed by atoms with van der Waals surface area (Å²) in [5, 5.41) is 8.76. The molecule has 2 N–H and O–H groups in total. The highest BCUT2D eigenvalue weighted by Gasteiger charge is 2.21. The largest absolute Gasteiger partial charge is 0.493 e. The molecule has 0 saturated heterocycles. The van der Waals surface area contributed by atoms with E-state index >= 15 is 0 Å². The summed E-state index contributed by atoms with van der Waals surface area (Å²) in [7, 11) is 0. The molecule has 1 aliphatic heterocycles. The van der Waals surface area contributed by atoms with Crippen molar-refractivity contribution in [2.24, 2.45) is 0 Å². The van der Waals surface area contributed by atoms with E-state index in [1.165, 1.54) is 6.08 Å². The Hall–Kier alpha value is -3.99. The van der Waals surface area contributed by atoms with Crippen molar-refractivity contribution < 1.29 is 23.8 Å². The van der Waals surface area contributed by atoms with Crippen molar-refractivity contribution in [2.45, 2.75) is 26.4 Å². The summed E-state index contributed by atoms with van der Waals surface area (Å²) in [6.45, 7) is 4.10. The van der Waals surface area contributed by atoms with Crippen molar-refractivity contribution in [2.75, 3.05) is 13.2 Å². The number of fused-ring (bicyclic) bond motifs is 1. The number of nitrogens with one attached hydrogen (secondary N) is 2. The second-order valence-corrected chi connectivity index (χ2v) is 6.86. The minimum Gasteiger partial charge on any atom is -0.493 e. The molecular weight excluding hydrogens is 398 g/mol. The topological polar surface area (TPSA) is 110 Å². The van der Waals surface area contributed by atoms with Gasteiger partial charge in [-0.25, -0.2) is 0 Å². The number of hydrazine groups is 1. The average molecular weight is 421 g/mol. The number of benzene rings is 2. The number of ether oxygens (including phenoxy) is 3. The van der Waals surface area contributed by atoms with Gasteiger partial charge in [-0.2, -0.15) is 5.26 Å². The average Bonchev–Trinajstić information content (AvgIpc) is 3.13. The van der Waals surface area contributed by atoms with Gasteiger partial charge in [0, 0.05) is 23.6 Å². The molecule has 0 spiro atoms. The number of rotatable bonds is 7. The molecule has 0 fully saturated rings. The summed E-state index contributed by atoms with van der Waals surface area (Å²) in [6, 6.07) is 12.1. The molecule has 0 unspecified atom stereocenters. The van der Waals surface area contributed by atoms with Crippen LogP contribution in [0.1, 0.15) is 30.5 Å². The van der Waals surface area contributed by atoms with Crippen LogP contribution < -0.4 is 25.1 Å². The molecule has 2 amide bonds. The van der Waals surface area contributed by atoms with Gasteiger partial charge in [-0.1, -0.05) is 0 Å². The lowest BCUT2D eigenvalue weighted by Gasteiger charge is -2.10. The number of hydrogen-bond acceptors (Lipinski definition) is 6. The van der Waals surface area contributed by atoms with E-state index in [4.69, 9.17) is 19.5 Å². The molecule has 2 aromatic rings. The van der Waals surface area contributed by atoms with Crippen LogP contribution in [-0.4, -0.2) is 31.1 Å². The van der Waals surface area contributed by atoms with Crippen LogP contribution in [-0.2, 0) is 16.0 Å². The van der Waals surface area contributed by atoms with E-state index in [1.807, 2.05) is 32.0 Å². The number of nitriles is 1. The number of carbonyl (C=O) groups is 2. The van der Waals surface area contributed by atoms with Gasteiger partial charge in [-0.15, -0.1) is 0 Å². The molecule has 1 aliphatic rings. The van der Waals surface area contributed by atoms with Crippen LogP contribution >= 0.6 is 0 Å². The highest BCUT2D eigenvalue weighted by Crippen LogP contribution is 2.35. The molecule has 31 heavy (non-hydrogen) atoms.